The fourth-order valence-corrected chi connectivity index (χ4v) is 0.982. The van der Waals surface area contributed by atoms with E-state index in [2.05, 4.69) is 15.5 Å². The molecule has 0 bridgehead atoms. The van der Waals surface area contributed by atoms with Gasteiger partial charge in [0.05, 0.1) is 12.3 Å². The van der Waals surface area contributed by atoms with Crippen molar-refractivity contribution in [3.05, 3.63) is 28.2 Å². The minimum absolute atomic E-state index is 0.0315. The average Bonchev–Trinajstić information content (AvgIpc) is 2.15. The van der Waals surface area contributed by atoms with E-state index in [1.165, 1.54) is 6.07 Å². The van der Waals surface area contributed by atoms with Crippen molar-refractivity contribution in [2.45, 2.75) is 13.0 Å². The van der Waals surface area contributed by atoms with Gasteiger partial charge in [0.2, 0.25) is 0 Å². The SMILES string of the molecule is CC(NCCO)c1ccc(=O)[nH]n1. The number of nitrogens with zero attached hydrogens (tertiary/aromatic N) is 1. The van der Waals surface area contributed by atoms with Crippen LogP contribution in [0.2, 0.25) is 0 Å². The van der Waals surface area contributed by atoms with Crippen LogP contribution in [0.1, 0.15) is 18.7 Å². The van der Waals surface area contributed by atoms with Gasteiger partial charge in [0.15, 0.2) is 0 Å². The summed E-state index contributed by atoms with van der Waals surface area (Å²) < 4.78 is 0. The fraction of sp³-hybridized carbons (Fsp3) is 0.500. The van der Waals surface area contributed by atoms with Crippen molar-refractivity contribution in [2.24, 2.45) is 0 Å². The lowest BCUT2D eigenvalue weighted by atomic mass is 10.2. The topological polar surface area (TPSA) is 78.0 Å². The second-order valence-electron chi connectivity index (χ2n) is 2.75. The highest BCUT2D eigenvalue weighted by Gasteiger charge is 2.04. The van der Waals surface area contributed by atoms with Crippen LogP contribution in [0.15, 0.2) is 16.9 Å². The fourth-order valence-electron chi connectivity index (χ4n) is 0.982. The molecule has 0 saturated carbocycles. The number of aliphatic hydroxyl groups excluding tert-OH is 1. The van der Waals surface area contributed by atoms with Crippen molar-refractivity contribution in [3.8, 4) is 0 Å². The van der Waals surface area contributed by atoms with Crippen molar-refractivity contribution in [1.29, 1.82) is 0 Å². The summed E-state index contributed by atoms with van der Waals surface area (Å²) in [6, 6.07) is 3.12. The first-order valence-corrected chi connectivity index (χ1v) is 4.14. The van der Waals surface area contributed by atoms with Gasteiger partial charge in [-0.05, 0) is 13.0 Å². The van der Waals surface area contributed by atoms with Gasteiger partial charge in [-0.15, -0.1) is 0 Å². The first-order valence-electron chi connectivity index (χ1n) is 4.14. The summed E-state index contributed by atoms with van der Waals surface area (Å²) in [5, 5.41) is 17.8. The molecule has 0 aliphatic heterocycles. The second kappa shape index (κ2) is 4.74. The largest absolute Gasteiger partial charge is 0.395 e. The molecule has 5 heteroatoms. The van der Waals surface area contributed by atoms with E-state index in [-0.39, 0.29) is 18.2 Å². The predicted octanol–water partition coefficient (Wildman–Crippen LogP) is -0.587. The van der Waals surface area contributed by atoms with Crippen LogP contribution in [0, 0.1) is 0 Å². The van der Waals surface area contributed by atoms with Gasteiger partial charge in [-0.2, -0.15) is 5.10 Å². The van der Waals surface area contributed by atoms with E-state index in [0.717, 1.165) is 5.69 Å². The Hall–Kier alpha value is -1.20. The quantitative estimate of drug-likeness (QED) is 0.583. The zero-order chi connectivity index (χ0) is 9.68. The molecule has 0 radical (unpaired) electrons. The second-order valence-corrected chi connectivity index (χ2v) is 2.75. The number of hydrogen-bond donors (Lipinski definition) is 3. The van der Waals surface area contributed by atoms with Crippen molar-refractivity contribution >= 4 is 0 Å². The van der Waals surface area contributed by atoms with Gasteiger partial charge in [-0.25, -0.2) is 5.10 Å². The molecule has 0 saturated heterocycles. The van der Waals surface area contributed by atoms with Crippen molar-refractivity contribution < 1.29 is 5.11 Å². The maximum absolute atomic E-state index is 10.7. The highest BCUT2D eigenvalue weighted by Crippen LogP contribution is 2.04. The molecule has 1 aromatic heterocycles. The molecule has 1 rings (SSSR count). The number of H-pyrrole nitrogens is 1. The van der Waals surface area contributed by atoms with Crippen molar-refractivity contribution in [3.63, 3.8) is 0 Å². The molecule has 0 amide bonds. The number of rotatable bonds is 4. The molecular weight excluding hydrogens is 170 g/mol. The van der Waals surface area contributed by atoms with Crippen LogP contribution in [-0.4, -0.2) is 28.5 Å². The average molecular weight is 183 g/mol. The molecule has 0 fully saturated rings. The van der Waals surface area contributed by atoms with E-state index in [1.807, 2.05) is 6.92 Å². The number of hydrogen-bond acceptors (Lipinski definition) is 4. The van der Waals surface area contributed by atoms with Crippen LogP contribution in [0.5, 0.6) is 0 Å². The maximum atomic E-state index is 10.7. The Morgan fingerprint density at radius 1 is 1.69 bits per heavy atom. The van der Waals surface area contributed by atoms with Gasteiger partial charge < -0.3 is 10.4 Å². The van der Waals surface area contributed by atoms with Crippen LogP contribution in [-0.2, 0) is 0 Å². The molecule has 1 aromatic rings. The third kappa shape index (κ3) is 2.96. The van der Waals surface area contributed by atoms with E-state index in [0.29, 0.717) is 6.54 Å². The molecule has 13 heavy (non-hydrogen) atoms. The number of aliphatic hydroxyl groups is 1. The lowest BCUT2D eigenvalue weighted by Gasteiger charge is -2.10. The summed E-state index contributed by atoms with van der Waals surface area (Å²) in [6.07, 6.45) is 0. The number of aromatic amines is 1. The van der Waals surface area contributed by atoms with Crippen molar-refractivity contribution in [2.75, 3.05) is 13.2 Å². The monoisotopic (exact) mass is 183 g/mol. The van der Waals surface area contributed by atoms with Gasteiger partial charge in [-0.3, -0.25) is 4.79 Å². The van der Waals surface area contributed by atoms with Crippen LogP contribution in [0.3, 0.4) is 0 Å². The molecule has 1 atom stereocenters. The van der Waals surface area contributed by atoms with E-state index >= 15 is 0 Å². The van der Waals surface area contributed by atoms with E-state index < -0.39 is 0 Å². The van der Waals surface area contributed by atoms with Gasteiger partial charge >= 0.3 is 0 Å². The number of nitrogens with one attached hydrogen (secondary N) is 2. The Kier molecular flexibility index (Phi) is 3.60. The van der Waals surface area contributed by atoms with Gasteiger partial charge in [0.25, 0.3) is 5.56 Å². The summed E-state index contributed by atoms with van der Waals surface area (Å²) in [5.41, 5.74) is 0.547. The summed E-state index contributed by atoms with van der Waals surface area (Å²) >= 11 is 0. The Morgan fingerprint density at radius 3 is 3.00 bits per heavy atom. The predicted molar refractivity (Wildman–Crippen MR) is 48.4 cm³/mol. The van der Waals surface area contributed by atoms with Crippen molar-refractivity contribution in [1.82, 2.24) is 15.5 Å². The number of aromatic nitrogens is 2. The van der Waals surface area contributed by atoms with E-state index in [9.17, 15) is 4.79 Å². The van der Waals surface area contributed by atoms with E-state index in [4.69, 9.17) is 5.11 Å². The normalized spacial score (nSPS) is 12.8. The lowest BCUT2D eigenvalue weighted by Crippen LogP contribution is -2.24. The molecule has 0 aliphatic carbocycles. The Morgan fingerprint density at radius 2 is 2.46 bits per heavy atom. The summed E-state index contributed by atoms with van der Waals surface area (Å²) in [7, 11) is 0. The molecule has 1 heterocycles. The summed E-state index contributed by atoms with van der Waals surface area (Å²) in [4.78, 5) is 10.7. The first-order chi connectivity index (χ1) is 6.24. The summed E-state index contributed by atoms with van der Waals surface area (Å²) in [5.74, 6) is 0. The Labute approximate surface area is 75.8 Å². The minimum Gasteiger partial charge on any atom is -0.395 e. The molecule has 1 unspecified atom stereocenters. The molecule has 0 aromatic carbocycles. The van der Waals surface area contributed by atoms with Gasteiger partial charge in [0, 0.05) is 18.7 Å². The molecule has 0 aliphatic rings. The third-order valence-electron chi connectivity index (χ3n) is 1.71. The molecular formula is C8H13N3O2. The third-order valence-corrected chi connectivity index (χ3v) is 1.71. The minimum atomic E-state index is -0.210. The van der Waals surface area contributed by atoms with Gasteiger partial charge in [-0.1, -0.05) is 0 Å². The standard InChI is InChI=1S/C8H13N3O2/c1-6(9-4-5-12)7-2-3-8(13)11-10-7/h2-3,6,9,12H,4-5H2,1H3,(H,11,13). The van der Waals surface area contributed by atoms with Crippen LogP contribution in [0.25, 0.3) is 0 Å². The van der Waals surface area contributed by atoms with E-state index in [1.54, 1.807) is 6.07 Å². The zero-order valence-corrected chi connectivity index (χ0v) is 7.45. The zero-order valence-electron chi connectivity index (χ0n) is 7.45. The Bertz CT molecular complexity index is 290. The van der Waals surface area contributed by atoms with Crippen LogP contribution >= 0.6 is 0 Å². The Balaban J connectivity index is 2.60. The molecule has 5 nitrogen and oxygen atoms in total. The highest BCUT2D eigenvalue weighted by atomic mass is 16.3. The molecule has 72 valence electrons. The van der Waals surface area contributed by atoms with Gasteiger partial charge in [0.1, 0.15) is 0 Å². The smallest absolute Gasteiger partial charge is 0.264 e. The maximum Gasteiger partial charge on any atom is 0.264 e. The first kappa shape index (κ1) is 9.88. The highest BCUT2D eigenvalue weighted by molar-refractivity contribution is 5.03. The summed E-state index contributed by atoms with van der Waals surface area (Å²) in [6.45, 7) is 2.52. The van der Waals surface area contributed by atoms with Crippen LogP contribution < -0.4 is 10.9 Å². The molecule has 0 spiro atoms. The van der Waals surface area contributed by atoms with Crippen LogP contribution in [0.4, 0.5) is 0 Å². The molecule has 3 N–H and O–H groups in total. The lowest BCUT2D eigenvalue weighted by molar-refractivity contribution is 0.285.